The fourth-order valence-corrected chi connectivity index (χ4v) is 4.31. The number of carbonyl (C=O) groups is 4. The first kappa shape index (κ1) is 26.6. The summed E-state index contributed by atoms with van der Waals surface area (Å²) >= 11 is 0. The molecule has 1 aromatic heterocycles. The Labute approximate surface area is 216 Å². The van der Waals surface area contributed by atoms with Crippen molar-refractivity contribution < 1.29 is 37.8 Å². The van der Waals surface area contributed by atoms with Gasteiger partial charge in [0.25, 0.3) is 5.91 Å². The number of piperazine rings is 1. The third-order valence-electron chi connectivity index (χ3n) is 6.22. The number of benzene rings is 1. The molecule has 0 bridgehead atoms. The SMILES string of the molecule is C[C@@H](NC(=O)c1cccnc1)C(=O)N1CCN(c2c(F)cc(N3C[C@H](CNC(=O)O)OC3=O)cc2F)CC1. The van der Waals surface area contributed by atoms with E-state index in [0.29, 0.717) is 5.56 Å². The number of pyridine rings is 1. The van der Waals surface area contributed by atoms with Crippen LogP contribution in [0.4, 0.5) is 29.7 Å². The summed E-state index contributed by atoms with van der Waals surface area (Å²) in [6.45, 7) is 2.00. The van der Waals surface area contributed by atoms with E-state index in [1.54, 1.807) is 19.1 Å². The molecule has 3 N–H and O–H groups in total. The number of halogens is 2. The summed E-state index contributed by atoms with van der Waals surface area (Å²) in [5, 5.41) is 13.4. The van der Waals surface area contributed by atoms with Gasteiger partial charge in [-0.05, 0) is 19.1 Å². The van der Waals surface area contributed by atoms with Crippen LogP contribution < -0.4 is 20.4 Å². The number of rotatable bonds is 7. The molecule has 12 nitrogen and oxygen atoms in total. The van der Waals surface area contributed by atoms with Gasteiger partial charge in [-0.1, -0.05) is 0 Å². The number of aromatic nitrogens is 1. The second kappa shape index (κ2) is 11.3. The van der Waals surface area contributed by atoms with Crippen LogP contribution in [0, 0.1) is 11.6 Å². The largest absolute Gasteiger partial charge is 0.465 e. The Morgan fingerprint density at radius 2 is 1.87 bits per heavy atom. The van der Waals surface area contributed by atoms with Crippen molar-refractivity contribution in [1.82, 2.24) is 20.5 Å². The van der Waals surface area contributed by atoms with Gasteiger partial charge in [0.15, 0.2) is 11.6 Å². The Morgan fingerprint density at radius 3 is 2.47 bits per heavy atom. The van der Waals surface area contributed by atoms with Crippen molar-refractivity contribution in [3.8, 4) is 0 Å². The number of carbonyl (C=O) groups excluding carboxylic acids is 3. The normalized spacial score (nSPS) is 18.1. The minimum absolute atomic E-state index is 0.0569. The molecule has 0 spiro atoms. The lowest BCUT2D eigenvalue weighted by Gasteiger charge is -2.37. The van der Waals surface area contributed by atoms with Gasteiger partial charge in [0.05, 0.1) is 24.3 Å². The Morgan fingerprint density at radius 1 is 1.18 bits per heavy atom. The smallest absolute Gasteiger partial charge is 0.414 e. The lowest BCUT2D eigenvalue weighted by Crippen LogP contribution is -2.54. The molecule has 2 aromatic rings. The monoisotopic (exact) mass is 532 g/mol. The van der Waals surface area contributed by atoms with E-state index >= 15 is 8.78 Å². The highest BCUT2D eigenvalue weighted by atomic mass is 19.1. The van der Waals surface area contributed by atoms with Gasteiger partial charge in [-0.25, -0.2) is 18.4 Å². The maximum atomic E-state index is 15.0. The summed E-state index contributed by atoms with van der Waals surface area (Å²) < 4.78 is 35.1. The highest BCUT2D eigenvalue weighted by Crippen LogP contribution is 2.31. The Hall–Kier alpha value is -4.49. The number of nitrogens with zero attached hydrogens (tertiary/aromatic N) is 4. The molecule has 38 heavy (non-hydrogen) atoms. The fourth-order valence-electron chi connectivity index (χ4n) is 4.31. The van der Waals surface area contributed by atoms with Crippen molar-refractivity contribution >= 4 is 35.4 Å². The van der Waals surface area contributed by atoms with Gasteiger partial charge >= 0.3 is 12.2 Å². The lowest BCUT2D eigenvalue weighted by atomic mass is 10.1. The Kier molecular flexibility index (Phi) is 7.88. The Bertz CT molecular complexity index is 1200. The van der Waals surface area contributed by atoms with Crippen LogP contribution >= 0.6 is 0 Å². The standard InChI is InChI=1S/C24H26F2N6O6/c1-14(29-21(33)15-3-2-4-27-11-15)22(34)31-7-5-30(6-8-31)20-18(25)9-16(10-19(20)26)32-13-17(38-24(32)37)12-28-23(35)36/h2-4,9-11,14,17,28H,5-8,12-13H2,1H3,(H,29,33)(H,35,36)/t14-,17+/m1/s1. The summed E-state index contributed by atoms with van der Waals surface area (Å²) in [6, 6.07) is 4.41. The molecule has 1 aromatic carbocycles. The first-order valence-electron chi connectivity index (χ1n) is 11.8. The number of hydrogen-bond acceptors (Lipinski definition) is 7. The molecular weight excluding hydrogens is 506 g/mol. The maximum absolute atomic E-state index is 15.0. The van der Waals surface area contributed by atoms with Gasteiger partial charge in [-0.15, -0.1) is 0 Å². The van der Waals surface area contributed by atoms with Gasteiger partial charge in [-0.2, -0.15) is 0 Å². The summed E-state index contributed by atoms with van der Waals surface area (Å²) in [5.41, 5.74) is -0.0185. The molecule has 4 rings (SSSR count). The van der Waals surface area contributed by atoms with Crippen LogP contribution in [-0.2, 0) is 9.53 Å². The van der Waals surface area contributed by atoms with Crippen molar-refractivity contribution in [1.29, 1.82) is 0 Å². The van der Waals surface area contributed by atoms with E-state index in [-0.39, 0.29) is 56.6 Å². The summed E-state index contributed by atoms with van der Waals surface area (Å²) in [6.07, 6.45) is -0.00651. The summed E-state index contributed by atoms with van der Waals surface area (Å²) in [5.74, 6) is -2.54. The molecule has 0 aliphatic carbocycles. The first-order chi connectivity index (χ1) is 18.1. The lowest BCUT2D eigenvalue weighted by molar-refractivity contribution is -0.133. The molecule has 2 saturated heterocycles. The van der Waals surface area contributed by atoms with Crippen molar-refractivity contribution in [2.75, 3.05) is 49.1 Å². The average Bonchev–Trinajstić information content (AvgIpc) is 3.28. The van der Waals surface area contributed by atoms with Crippen LogP contribution in [0.25, 0.3) is 0 Å². The highest BCUT2D eigenvalue weighted by Gasteiger charge is 2.34. The molecule has 14 heteroatoms. The van der Waals surface area contributed by atoms with E-state index in [9.17, 15) is 19.2 Å². The molecule has 2 atom stereocenters. The molecule has 202 valence electrons. The minimum atomic E-state index is -1.29. The minimum Gasteiger partial charge on any atom is -0.465 e. The molecule has 4 amide bonds. The summed E-state index contributed by atoms with van der Waals surface area (Å²) in [7, 11) is 0. The number of ether oxygens (including phenoxy) is 1. The zero-order valence-corrected chi connectivity index (χ0v) is 20.4. The Balaban J connectivity index is 1.35. The second-order valence-electron chi connectivity index (χ2n) is 8.81. The number of cyclic esters (lactones) is 1. The molecule has 3 heterocycles. The number of carboxylic acid groups (broad SMARTS) is 1. The van der Waals surface area contributed by atoms with Gasteiger partial charge in [0, 0.05) is 50.7 Å². The molecule has 0 radical (unpaired) electrons. The third-order valence-corrected chi connectivity index (χ3v) is 6.22. The van der Waals surface area contributed by atoms with Gasteiger partial charge in [0.2, 0.25) is 5.91 Å². The van der Waals surface area contributed by atoms with Crippen LogP contribution in [0.1, 0.15) is 17.3 Å². The predicted molar refractivity (Wildman–Crippen MR) is 130 cm³/mol. The van der Waals surface area contributed by atoms with Crippen LogP contribution in [0.5, 0.6) is 0 Å². The van der Waals surface area contributed by atoms with Gasteiger partial charge in [0.1, 0.15) is 17.8 Å². The zero-order valence-electron chi connectivity index (χ0n) is 20.4. The topological polar surface area (TPSA) is 144 Å². The number of hydrogen-bond donors (Lipinski definition) is 3. The van der Waals surface area contributed by atoms with Crippen LogP contribution in [0.3, 0.4) is 0 Å². The van der Waals surface area contributed by atoms with Crippen molar-refractivity contribution in [3.63, 3.8) is 0 Å². The van der Waals surface area contributed by atoms with Gasteiger partial charge in [-0.3, -0.25) is 19.5 Å². The molecule has 0 saturated carbocycles. The fraction of sp³-hybridized carbons (Fsp3) is 0.375. The van der Waals surface area contributed by atoms with Crippen LogP contribution in [0.2, 0.25) is 0 Å². The quantitative estimate of drug-likeness (QED) is 0.486. The number of nitrogens with one attached hydrogen (secondary N) is 2. The molecule has 2 fully saturated rings. The van der Waals surface area contributed by atoms with Crippen molar-refractivity contribution in [3.05, 3.63) is 53.9 Å². The van der Waals surface area contributed by atoms with E-state index in [1.165, 1.54) is 22.2 Å². The maximum Gasteiger partial charge on any atom is 0.414 e. The van der Waals surface area contributed by atoms with E-state index < -0.39 is 41.9 Å². The van der Waals surface area contributed by atoms with Crippen molar-refractivity contribution in [2.45, 2.75) is 19.1 Å². The highest BCUT2D eigenvalue weighted by molar-refractivity contribution is 5.97. The predicted octanol–water partition coefficient (Wildman–Crippen LogP) is 1.42. The summed E-state index contributed by atoms with van der Waals surface area (Å²) in [4.78, 5) is 55.8. The van der Waals surface area contributed by atoms with Crippen molar-refractivity contribution in [2.24, 2.45) is 0 Å². The van der Waals surface area contributed by atoms with E-state index in [1.807, 2.05) is 0 Å². The molecule has 2 aliphatic rings. The number of anilines is 2. The van der Waals surface area contributed by atoms with Crippen LogP contribution in [0.15, 0.2) is 36.7 Å². The number of amides is 4. The zero-order chi connectivity index (χ0) is 27.4. The van der Waals surface area contributed by atoms with E-state index in [0.717, 1.165) is 17.0 Å². The van der Waals surface area contributed by atoms with Crippen LogP contribution in [-0.4, -0.2) is 90.4 Å². The second-order valence-corrected chi connectivity index (χ2v) is 8.81. The van der Waals surface area contributed by atoms with E-state index in [2.05, 4.69) is 15.6 Å². The van der Waals surface area contributed by atoms with Gasteiger partial charge < -0.3 is 30.3 Å². The molecular formula is C24H26F2N6O6. The third kappa shape index (κ3) is 5.90. The van der Waals surface area contributed by atoms with E-state index in [4.69, 9.17) is 9.84 Å². The average molecular weight is 533 g/mol. The molecule has 0 unspecified atom stereocenters. The first-order valence-corrected chi connectivity index (χ1v) is 11.8. The molecule has 2 aliphatic heterocycles.